The van der Waals surface area contributed by atoms with E-state index in [9.17, 15) is 14.7 Å². The van der Waals surface area contributed by atoms with Crippen LogP contribution in [0.4, 0.5) is 0 Å². The summed E-state index contributed by atoms with van der Waals surface area (Å²) in [6, 6.07) is 0. The summed E-state index contributed by atoms with van der Waals surface area (Å²) in [6.45, 7) is 0.620. The molecule has 1 saturated heterocycles. The highest BCUT2D eigenvalue weighted by Crippen LogP contribution is 2.24. The van der Waals surface area contributed by atoms with Crippen LogP contribution < -0.4 is 5.32 Å². The molecule has 1 fully saturated rings. The Hall–Kier alpha value is -2.85. The Bertz CT molecular complexity index is 886. The fourth-order valence-electron chi connectivity index (χ4n) is 3.76. The molecule has 4 rings (SSSR count). The van der Waals surface area contributed by atoms with Crippen molar-refractivity contribution < 1.29 is 19.4 Å². The maximum Gasteiger partial charge on any atom is 0.274 e. The van der Waals surface area contributed by atoms with Crippen LogP contribution in [0.1, 0.15) is 45.1 Å². The summed E-state index contributed by atoms with van der Waals surface area (Å²) in [6.07, 6.45) is 8.09. The maximum absolute atomic E-state index is 13.1. The van der Waals surface area contributed by atoms with E-state index in [4.69, 9.17) is 4.74 Å². The van der Waals surface area contributed by atoms with E-state index in [2.05, 4.69) is 25.5 Å². The fraction of sp³-hybridized carbons (Fsp3) is 0.526. The number of amides is 2. The van der Waals surface area contributed by atoms with E-state index in [1.807, 2.05) is 0 Å². The minimum absolute atomic E-state index is 0.0101. The highest BCUT2D eigenvalue weighted by Gasteiger charge is 2.36. The van der Waals surface area contributed by atoms with Gasteiger partial charge in [0.2, 0.25) is 0 Å². The normalized spacial score (nSPS) is 21.9. The number of rotatable bonds is 4. The first-order valence-electron chi connectivity index (χ1n) is 9.75. The molecule has 2 aromatic heterocycles. The SMILES string of the molecule is O=C(NC[C@]1(O)COCCN(C(=O)c2n[nH]c3c2CCCC3)C1)c1cnccn1. The van der Waals surface area contributed by atoms with E-state index in [1.165, 1.54) is 18.6 Å². The predicted octanol–water partition coefficient (Wildman–Crippen LogP) is -0.288. The number of nitrogens with one attached hydrogen (secondary N) is 2. The van der Waals surface area contributed by atoms with Gasteiger partial charge in [0.15, 0.2) is 5.69 Å². The lowest BCUT2D eigenvalue weighted by Gasteiger charge is -2.30. The Morgan fingerprint density at radius 3 is 3.00 bits per heavy atom. The molecule has 154 valence electrons. The first kappa shape index (κ1) is 19.5. The number of nitrogens with zero attached hydrogens (tertiary/aromatic N) is 4. The van der Waals surface area contributed by atoms with Crippen molar-refractivity contribution in [3.8, 4) is 0 Å². The number of hydrogen-bond donors (Lipinski definition) is 3. The van der Waals surface area contributed by atoms with Gasteiger partial charge in [0.25, 0.3) is 11.8 Å². The van der Waals surface area contributed by atoms with Gasteiger partial charge in [-0.15, -0.1) is 0 Å². The zero-order valence-corrected chi connectivity index (χ0v) is 16.1. The minimum atomic E-state index is -1.42. The van der Waals surface area contributed by atoms with Crippen molar-refractivity contribution in [3.05, 3.63) is 41.2 Å². The van der Waals surface area contributed by atoms with Gasteiger partial charge in [-0.2, -0.15) is 5.10 Å². The Morgan fingerprint density at radius 1 is 1.31 bits per heavy atom. The fourth-order valence-corrected chi connectivity index (χ4v) is 3.76. The first-order valence-corrected chi connectivity index (χ1v) is 9.75. The molecule has 0 bridgehead atoms. The first-order chi connectivity index (χ1) is 14.1. The van der Waals surface area contributed by atoms with Crippen molar-refractivity contribution in [2.24, 2.45) is 0 Å². The van der Waals surface area contributed by atoms with Gasteiger partial charge in [-0.05, 0) is 25.7 Å². The molecule has 1 atom stereocenters. The number of aryl methyl sites for hydroxylation is 1. The highest BCUT2D eigenvalue weighted by molar-refractivity contribution is 5.94. The molecule has 29 heavy (non-hydrogen) atoms. The van der Waals surface area contributed by atoms with Gasteiger partial charge < -0.3 is 20.1 Å². The van der Waals surface area contributed by atoms with E-state index in [0.717, 1.165) is 36.9 Å². The lowest BCUT2D eigenvalue weighted by molar-refractivity contribution is -0.0324. The number of aliphatic hydroxyl groups is 1. The Labute approximate surface area is 167 Å². The number of β-amino-alcohol motifs (C(OH)–C–C–N with tert-alkyl or cyclic N) is 1. The third-order valence-electron chi connectivity index (χ3n) is 5.28. The van der Waals surface area contributed by atoms with Crippen LogP contribution in [0, 0.1) is 0 Å². The molecule has 1 aliphatic carbocycles. The van der Waals surface area contributed by atoms with Crippen molar-refractivity contribution >= 4 is 11.8 Å². The average molecular weight is 400 g/mol. The molecule has 2 amide bonds. The van der Waals surface area contributed by atoms with Crippen LogP contribution in [0.3, 0.4) is 0 Å². The molecule has 0 spiro atoms. The zero-order valence-electron chi connectivity index (χ0n) is 16.1. The van der Waals surface area contributed by atoms with E-state index in [-0.39, 0.29) is 31.3 Å². The molecule has 2 aromatic rings. The van der Waals surface area contributed by atoms with Crippen molar-refractivity contribution in [3.63, 3.8) is 0 Å². The van der Waals surface area contributed by atoms with Gasteiger partial charge in [-0.25, -0.2) is 4.98 Å². The second-order valence-electron chi connectivity index (χ2n) is 7.51. The molecular weight excluding hydrogens is 376 g/mol. The molecule has 10 nitrogen and oxygen atoms in total. The van der Waals surface area contributed by atoms with Crippen molar-refractivity contribution in [2.75, 3.05) is 32.8 Å². The largest absolute Gasteiger partial charge is 0.384 e. The van der Waals surface area contributed by atoms with Crippen LogP contribution in [0.25, 0.3) is 0 Å². The van der Waals surface area contributed by atoms with Crippen LogP contribution in [0.5, 0.6) is 0 Å². The third kappa shape index (κ3) is 4.28. The lowest BCUT2D eigenvalue weighted by Crippen LogP contribution is -2.53. The number of aromatic nitrogens is 4. The van der Waals surface area contributed by atoms with Gasteiger partial charge in [0.1, 0.15) is 11.3 Å². The summed E-state index contributed by atoms with van der Waals surface area (Å²) in [4.78, 5) is 34.7. The van der Waals surface area contributed by atoms with E-state index in [1.54, 1.807) is 4.90 Å². The summed E-state index contributed by atoms with van der Waals surface area (Å²) in [7, 11) is 0. The van der Waals surface area contributed by atoms with Crippen molar-refractivity contribution in [2.45, 2.75) is 31.3 Å². The smallest absolute Gasteiger partial charge is 0.274 e. The number of fused-ring (bicyclic) bond motifs is 1. The summed E-state index contributed by atoms with van der Waals surface area (Å²) in [5.74, 6) is -0.677. The predicted molar refractivity (Wildman–Crippen MR) is 101 cm³/mol. The Kier molecular flexibility index (Phi) is 5.54. The second kappa shape index (κ2) is 8.26. The highest BCUT2D eigenvalue weighted by atomic mass is 16.5. The van der Waals surface area contributed by atoms with E-state index < -0.39 is 11.5 Å². The lowest BCUT2D eigenvalue weighted by atomic mass is 9.95. The van der Waals surface area contributed by atoms with Gasteiger partial charge >= 0.3 is 0 Å². The quantitative estimate of drug-likeness (QED) is 0.642. The van der Waals surface area contributed by atoms with Crippen LogP contribution in [0.15, 0.2) is 18.6 Å². The van der Waals surface area contributed by atoms with Crippen LogP contribution in [-0.2, 0) is 17.6 Å². The van der Waals surface area contributed by atoms with Gasteiger partial charge in [0, 0.05) is 30.2 Å². The molecule has 0 unspecified atom stereocenters. The molecule has 10 heteroatoms. The Morgan fingerprint density at radius 2 is 2.17 bits per heavy atom. The Balaban J connectivity index is 1.44. The van der Waals surface area contributed by atoms with Crippen molar-refractivity contribution in [1.29, 1.82) is 0 Å². The van der Waals surface area contributed by atoms with Crippen molar-refractivity contribution in [1.82, 2.24) is 30.4 Å². The topological polar surface area (TPSA) is 133 Å². The molecule has 1 aliphatic heterocycles. The molecule has 3 heterocycles. The van der Waals surface area contributed by atoms with Gasteiger partial charge in [-0.1, -0.05) is 0 Å². The number of aromatic amines is 1. The molecule has 2 aliphatic rings. The second-order valence-corrected chi connectivity index (χ2v) is 7.51. The third-order valence-corrected chi connectivity index (χ3v) is 5.28. The van der Waals surface area contributed by atoms with E-state index in [0.29, 0.717) is 18.8 Å². The zero-order chi connectivity index (χ0) is 20.3. The summed E-state index contributed by atoms with van der Waals surface area (Å²) in [5.41, 5.74) is 1.16. The minimum Gasteiger partial charge on any atom is -0.384 e. The number of carbonyl (C=O) groups is 2. The summed E-state index contributed by atoms with van der Waals surface area (Å²) < 4.78 is 5.51. The summed E-state index contributed by atoms with van der Waals surface area (Å²) >= 11 is 0. The monoisotopic (exact) mass is 400 g/mol. The molecule has 0 saturated carbocycles. The van der Waals surface area contributed by atoms with Gasteiger partial charge in [-0.3, -0.25) is 19.7 Å². The number of hydrogen-bond acceptors (Lipinski definition) is 7. The number of ether oxygens (including phenoxy) is 1. The van der Waals surface area contributed by atoms with Crippen LogP contribution in [-0.4, -0.2) is 80.4 Å². The summed E-state index contributed by atoms with van der Waals surface area (Å²) in [5, 5.41) is 20.9. The van der Waals surface area contributed by atoms with Gasteiger partial charge in [0.05, 0.1) is 32.5 Å². The molecule has 3 N–H and O–H groups in total. The number of H-pyrrole nitrogens is 1. The van der Waals surface area contributed by atoms with E-state index >= 15 is 0 Å². The average Bonchev–Trinajstić information content (AvgIpc) is 3.08. The molecule has 0 radical (unpaired) electrons. The molecular formula is C19H24N6O4. The standard InChI is InChI=1S/C19H24N6O4/c26-17(15-9-20-5-6-21-15)22-10-19(28)11-25(7-8-29-12-19)18(27)16-13-3-1-2-4-14(13)23-24-16/h5-6,9,28H,1-4,7-8,10-12H2,(H,22,26)(H,23,24)/t19-/m1/s1. The molecule has 0 aromatic carbocycles. The van der Waals surface area contributed by atoms with Crippen LogP contribution >= 0.6 is 0 Å². The van der Waals surface area contributed by atoms with Crippen LogP contribution in [0.2, 0.25) is 0 Å². The maximum atomic E-state index is 13.1. The number of carbonyl (C=O) groups excluding carboxylic acids is 2.